The molecule has 0 bridgehead atoms. The first kappa shape index (κ1) is 16.0. The third-order valence-corrected chi connectivity index (χ3v) is 3.49. The summed E-state index contributed by atoms with van der Waals surface area (Å²) in [6.45, 7) is 0. The Kier molecular flexibility index (Phi) is 5.92. The van der Waals surface area contributed by atoms with E-state index in [2.05, 4.69) is 0 Å². The molecule has 0 saturated carbocycles. The number of methoxy groups -OCH3 is 1. The second-order valence-corrected chi connectivity index (χ2v) is 5.00. The molecule has 3 heteroatoms. The van der Waals surface area contributed by atoms with Crippen molar-refractivity contribution in [2.45, 2.75) is 18.4 Å². The predicted octanol–water partition coefficient (Wildman–Crippen LogP) is 3.62. The number of benzene rings is 2. The van der Waals surface area contributed by atoms with Gasteiger partial charge in [0.2, 0.25) is 0 Å². The van der Waals surface area contributed by atoms with Crippen LogP contribution in [0.15, 0.2) is 72.8 Å². The highest BCUT2D eigenvalue weighted by molar-refractivity contribution is 5.80. The Morgan fingerprint density at radius 3 is 2.14 bits per heavy atom. The van der Waals surface area contributed by atoms with E-state index in [1.54, 1.807) is 6.08 Å². The second kappa shape index (κ2) is 8.15. The number of carbonyl (C=O) groups is 1. The molecule has 0 saturated heterocycles. The predicted molar refractivity (Wildman–Crippen MR) is 86.4 cm³/mol. The molecule has 0 aliphatic heterocycles. The molecule has 0 spiro atoms. The zero-order valence-electron chi connectivity index (χ0n) is 12.6. The maximum Gasteiger partial charge on any atom is 0.317 e. The summed E-state index contributed by atoms with van der Waals surface area (Å²) in [5, 5.41) is 10.1. The van der Waals surface area contributed by atoms with Crippen LogP contribution < -0.4 is 0 Å². The average molecular weight is 296 g/mol. The first-order valence-corrected chi connectivity index (χ1v) is 7.25. The molecule has 0 heterocycles. The van der Waals surface area contributed by atoms with Crippen molar-refractivity contribution in [3.05, 3.63) is 83.9 Å². The van der Waals surface area contributed by atoms with E-state index in [4.69, 9.17) is 4.74 Å². The van der Waals surface area contributed by atoms with Crippen LogP contribution in [0.2, 0.25) is 0 Å². The minimum atomic E-state index is -0.577. The van der Waals surface area contributed by atoms with E-state index < -0.39 is 12.0 Å². The molecule has 0 amide bonds. The van der Waals surface area contributed by atoms with Crippen molar-refractivity contribution < 1.29 is 14.6 Å². The SMILES string of the molecule is COC(=O)C(/C=C/CC(O)c1ccccc1)c1ccccc1. The molecule has 22 heavy (non-hydrogen) atoms. The number of hydrogen-bond donors (Lipinski definition) is 1. The lowest BCUT2D eigenvalue weighted by molar-refractivity contribution is -0.141. The Morgan fingerprint density at radius 1 is 1.05 bits per heavy atom. The molecule has 0 fully saturated rings. The summed E-state index contributed by atoms with van der Waals surface area (Å²) in [6, 6.07) is 18.9. The van der Waals surface area contributed by atoms with Crippen LogP contribution in [-0.4, -0.2) is 18.2 Å². The summed E-state index contributed by atoms with van der Waals surface area (Å²) in [6.07, 6.45) is 3.48. The summed E-state index contributed by atoms with van der Waals surface area (Å²) in [7, 11) is 1.38. The number of carbonyl (C=O) groups excluding carboxylic acids is 1. The summed E-state index contributed by atoms with van der Waals surface area (Å²) >= 11 is 0. The molecule has 0 aliphatic rings. The third kappa shape index (κ3) is 4.30. The van der Waals surface area contributed by atoms with Gasteiger partial charge < -0.3 is 9.84 Å². The first-order chi connectivity index (χ1) is 10.7. The fourth-order valence-electron chi connectivity index (χ4n) is 2.27. The highest BCUT2D eigenvalue weighted by Crippen LogP contribution is 2.21. The lowest BCUT2D eigenvalue weighted by Crippen LogP contribution is -2.12. The largest absolute Gasteiger partial charge is 0.468 e. The topological polar surface area (TPSA) is 46.5 Å². The molecular formula is C19H20O3. The van der Waals surface area contributed by atoms with Crippen molar-refractivity contribution in [2.75, 3.05) is 7.11 Å². The van der Waals surface area contributed by atoms with Gasteiger partial charge in [-0.05, 0) is 17.5 Å². The van der Waals surface area contributed by atoms with E-state index >= 15 is 0 Å². The average Bonchev–Trinajstić information content (AvgIpc) is 2.59. The van der Waals surface area contributed by atoms with Crippen LogP contribution in [0.25, 0.3) is 0 Å². The van der Waals surface area contributed by atoms with E-state index in [0.29, 0.717) is 6.42 Å². The molecule has 3 nitrogen and oxygen atoms in total. The second-order valence-electron chi connectivity index (χ2n) is 5.00. The fraction of sp³-hybridized carbons (Fsp3) is 0.211. The van der Waals surface area contributed by atoms with Crippen molar-refractivity contribution >= 4 is 5.97 Å². The minimum absolute atomic E-state index is 0.309. The van der Waals surface area contributed by atoms with Gasteiger partial charge in [0.05, 0.1) is 19.1 Å². The molecule has 2 aromatic carbocycles. The highest BCUT2D eigenvalue weighted by Gasteiger charge is 2.17. The molecule has 1 N–H and O–H groups in total. The molecule has 114 valence electrons. The molecule has 0 radical (unpaired) electrons. The van der Waals surface area contributed by atoms with E-state index in [1.165, 1.54) is 7.11 Å². The number of rotatable bonds is 6. The number of hydrogen-bond acceptors (Lipinski definition) is 3. The Bertz CT molecular complexity index is 605. The van der Waals surface area contributed by atoms with Gasteiger partial charge in [0.15, 0.2) is 0 Å². The Balaban J connectivity index is 2.06. The number of ether oxygens (including phenoxy) is 1. The Hall–Kier alpha value is -2.39. The highest BCUT2D eigenvalue weighted by atomic mass is 16.5. The minimum Gasteiger partial charge on any atom is -0.468 e. The van der Waals surface area contributed by atoms with Gasteiger partial charge in [0.25, 0.3) is 0 Å². The number of aliphatic hydroxyl groups is 1. The maximum atomic E-state index is 11.9. The fourth-order valence-corrected chi connectivity index (χ4v) is 2.27. The van der Waals surface area contributed by atoms with E-state index in [-0.39, 0.29) is 5.97 Å². The van der Waals surface area contributed by atoms with Crippen molar-refractivity contribution in [1.29, 1.82) is 0 Å². The molecule has 0 aliphatic carbocycles. The quantitative estimate of drug-likeness (QED) is 0.654. The Morgan fingerprint density at radius 2 is 1.59 bits per heavy atom. The van der Waals surface area contributed by atoms with E-state index in [0.717, 1.165) is 11.1 Å². The molecule has 2 rings (SSSR count). The smallest absolute Gasteiger partial charge is 0.317 e. The summed E-state index contributed by atoms with van der Waals surface area (Å²) in [5.74, 6) is -0.758. The standard InChI is InChI=1S/C19H20O3/c1-22-19(21)17(15-9-4-2-5-10-15)13-8-14-18(20)16-11-6-3-7-12-16/h2-13,17-18,20H,14H2,1H3/b13-8+. The Labute approximate surface area is 130 Å². The normalized spacial score (nSPS) is 13.7. The van der Waals surface area contributed by atoms with Gasteiger partial charge in [-0.25, -0.2) is 0 Å². The molecule has 2 unspecified atom stereocenters. The van der Waals surface area contributed by atoms with Crippen LogP contribution in [0.4, 0.5) is 0 Å². The number of esters is 1. The van der Waals surface area contributed by atoms with Gasteiger partial charge in [-0.2, -0.15) is 0 Å². The zero-order chi connectivity index (χ0) is 15.8. The maximum absolute atomic E-state index is 11.9. The summed E-state index contributed by atoms with van der Waals surface area (Å²) in [4.78, 5) is 11.9. The van der Waals surface area contributed by atoms with E-state index in [1.807, 2.05) is 66.7 Å². The third-order valence-electron chi connectivity index (χ3n) is 3.49. The van der Waals surface area contributed by atoms with Crippen molar-refractivity contribution in [2.24, 2.45) is 0 Å². The molecular weight excluding hydrogens is 276 g/mol. The first-order valence-electron chi connectivity index (χ1n) is 7.25. The van der Waals surface area contributed by atoms with Gasteiger partial charge in [-0.3, -0.25) is 4.79 Å². The number of aliphatic hydroxyl groups excluding tert-OH is 1. The summed E-state index contributed by atoms with van der Waals surface area (Å²) < 4.78 is 4.86. The van der Waals surface area contributed by atoms with Gasteiger partial charge in [0.1, 0.15) is 0 Å². The lowest BCUT2D eigenvalue weighted by Gasteiger charge is -2.12. The van der Waals surface area contributed by atoms with Crippen molar-refractivity contribution in [3.63, 3.8) is 0 Å². The molecule has 2 aromatic rings. The monoisotopic (exact) mass is 296 g/mol. The van der Waals surface area contributed by atoms with E-state index in [9.17, 15) is 9.90 Å². The van der Waals surface area contributed by atoms with Gasteiger partial charge in [-0.15, -0.1) is 0 Å². The van der Waals surface area contributed by atoms with Crippen LogP contribution in [0, 0.1) is 0 Å². The summed E-state index contributed by atoms with van der Waals surface area (Å²) in [5.41, 5.74) is 1.74. The van der Waals surface area contributed by atoms with Crippen LogP contribution >= 0.6 is 0 Å². The van der Waals surface area contributed by atoms with Gasteiger partial charge >= 0.3 is 5.97 Å². The van der Waals surface area contributed by atoms with Crippen molar-refractivity contribution in [1.82, 2.24) is 0 Å². The van der Waals surface area contributed by atoms with Crippen LogP contribution in [0.1, 0.15) is 29.6 Å². The van der Waals surface area contributed by atoms with Crippen LogP contribution in [-0.2, 0) is 9.53 Å². The van der Waals surface area contributed by atoms with Gasteiger partial charge in [0, 0.05) is 0 Å². The lowest BCUT2D eigenvalue weighted by atomic mass is 9.97. The van der Waals surface area contributed by atoms with Crippen LogP contribution in [0.3, 0.4) is 0 Å². The zero-order valence-corrected chi connectivity index (χ0v) is 12.6. The molecule has 2 atom stereocenters. The van der Waals surface area contributed by atoms with Crippen LogP contribution in [0.5, 0.6) is 0 Å². The van der Waals surface area contributed by atoms with Gasteiger partial charge in [-0.1, -0.05) is 72.8 Å². The van der Waals surface area contributed by atoms with Crippen molar-refractivity contribution in [3.8, 4) is 0 Å². The molecule has 0 aromatic heterocycles.